The maximum absolute atomic E-state index is 11.9. The number of pyridine rings is 1. The van der Waals surface area contributed by atoms with Gasteiger partial charge in [-0.1, -0.05) is 38.3 Å². The van der Waals surface area contributed by atoms with Gasteiger partial charge in [0.2, 0.25) is 0 Å². The fraction of sp³-hybridized carbons (Fsp3) is 0.480. The maximum atomic E-state index is 11.9. The molecule has 0 bridgehead atoms. The smallest absolute Gasteiger partial charge is 0.313 e. The van der Waals surface area contributed by atoms with Crippen LogP contribution in [0.2, 0.25) is 0 Å². The number of carboxylic acids is 1. The molecule has 3 aromatic rings. The van der Waals surface area contributed by atoms with Gasteiger partial charge in [0, 0.05) is 12.6 Å². The van der Waals surface area contributed by atoms with Crippen LogP contribution in [0.4, 0.5) is 0 Å². The number of carbonyl (C=O) groups is 1. The highest BCUT2D eigenvalue weighted by Crippen LogP contribution is 2.37. The molecule has 1 saturated carbocycles. The predicted octanol–water partition coefficient (Wildman–Crippen LogP) is 5.15. The van der Waals surface area contributed by atoms with E-state index in [1.165, 1.54) is 0 Å². The van der Waals surface area contributed by atoms with Gasteiger partial charge in [0.05, 0.1) is 6.54 Å². The third-order valence-corrected chi connectivity index (χ3v) is 6.43. The highest BCUT2D eigenvalue weighted by atomic mass is 16.5. The summed E-state index contributed by atoms with van der Waals surface area (Å²) in [7, 11) is 0. The summed E-state index contributed by atoms with van der Waals surface area (Å²) in [4.78, 5) is 21.3. The molecule has 1 N–H and O–H groups in total. The molecular formula is C25H31N3O3. The Balaban J connectivity index is 1.50. The molecule has 6 heteroatoms. The van der Waals surface area contributed by atoms with Crippen molar-refractivity contribution in [2.75, 3.05) is 6.61 Å². The summed E-state index contributed by atoms with van der Waals surface area (Å²) in [6, 6.07) is 9.95. The van der Waals surface area contributed by atoms with Crippen molar-refractivity contribution in [3.8, 4) is 5.75 Å². The lowest BCUT2D eigenvalue weighted by Gasteiger charge is -2.32. The van der Waals surface area contributed by atoms with Gasteiger partial charge >= 0.3 is 5.97 Å². The van der Waals surface area contributed by atoms with Gasteiger partial charge in [-0.3, -0.25) is 4.79 Å². The van der Waals surface area contributed by atoms with Crippen LogP contribution in [0.1, 0.15) is 62.4 Å². The molecule has 0 aliphatic heterocycles. The number of aromatic nitrogens is 3. The van der Waals surface area contributed by atoms with Crippen molar-refractivity contribution < 1.29 is 14.6 Å². The van der Waals surface area contributed by atoms with Gasteiger partial charge in [0.25, 0.3) is 0 Å². The number of benzene rings is 1. The Morgan fingerprint density at radius 1 is 1.16 bits per heavy atom. The summed E-state index contributed by atoms with van der Waals surface area (Å²) in [5.41, 5.74) is 3.42. The molecule has 0 atom stereocenters. The highest BCUT2D eigenvalue weighted by molar-refractivity contribution is 5.75. The molecule has 1 aliphatic carbocycles. The van der Waals surface area contributed by atoms with Crippen LogP contribution in [-0.4, -0.2) is 32.2 Å². The molecule has 0 spiro atoms. The number of fused-ring (bicyclic) bond motifs is 1. The second kappa shape index (κ2) is 9.08. The van der Waals surface area contributed by atoms with Gasteiger partial charge in [0.1, 0.15) is 29.1 Å². The van der Waals surface area contributed by atoms with Crippen LogP contribution in [0.25, 0.3) is 11.2 Å². The third kappa shape index (κ3) is 4.43. The number of rotatable bonds is 8. The third-order valence-electron chi connectivity index (χ3n) is 6.43. The fourth-order valence-electron chi connectivity index (χ4n) is 4.51. The molecule has 2 aromatic heterocycles. The Labute approximate surface area is 183 Å². The largest absolute Gasteiger partial charge is 0.492 e. The fourth-order valence-corrected chi connectivity index (χ4v) is 4.51. The minimum Gasteiger partial charge on any atom is -0.492 e. The normalized spacial score (nSPS) is 15.8. The zero-order chi connectivity index (χ0) is 21.8. The molecule has 1 aliphatic rings. The van der Waals surface area contributed by atoms with Crippen molar-refractivity contribution >= 4 is 17.1 Å². The zero-order valence-electron chi connectivity index (χ0n) is 18.4. The SMILES string of the molecule is CCCc1nc2c(C)ccnc2n1Cc1ccc(OCC2(C(=O)O)CCCCC2)cc1. The monoisotopic (exact) mass is 421 g/mol. The molecule has 4 rings (SSSR count). The van der Waals surface area contributed by atoms with Crippen LogP contribution in [0, 0.1) is 12.3 Å². The van der Waals surface area contributed by atoms with E-state index in [4.69, 9.17) is 9.72 Å². The first kappa shape index (κ1) is 21.3. The standard InChI is InChI=1S/C25H31N3O3/c1-3-7-21-27-22-18(2)12-15-26-23(22)28(21)16-19-8-10-20(11-9-19)31-17-25(24(29)30)13-5-4-6-14-25/h8-12,15H,3-7,13-14,16-17H2,1-2H3,(H,29,30). The molecule has 164 valence electrons. The topological polar surface area (TPSA) is 77.2 Å². The molecule has 1 fully saturated rings. The van der Waals surface area contributed by atoms with Crippen molar-refractivity contribution in [3.05, 3.63) is 53.5 Å². The van der Waals surface area contributed by atoms with Crippen molar-refractivity contribution in [2.24, 2.45) is 5.41 Å². The van der Waals surface area contributed by atoms with Gasteiger partial charge in [-0.05, 0) is 55.5 Å². The van der Waals surface area contributed by atoms with Crippen molar-refractivity contribution in [2.45, 2.75) is 65.3 Å². The van der Waals surface area contributed by atoms with E-state index < -0.39 is 11.4 Å². The maximum Gasteiger partial charge on any atom is 0.313 e. The molecule has 6 nitrogen and oxygen atoms in total. The Morgan fingerprint density at radius 2 is 1.90 bits per heavy atom. The van der Waals surface area contributed by atoms with Crippen LogP contribution < -0.4 is 4.74 Å². The minimum atomic E-state index is -0.745. The molecule has 1 aromatic carbocycles. The predicted molar refractivity (Wildman–Crippen MR) is 120 cm³/mol. The molecule has 2 heterocycles. The Hall–Kier alpha value is -2.89. The first-order valence-electron chi connectivity index (χ1n) is 11.3. The number of hydrogen-bond acceptors (Lipinski definition) is 4. The molecule has 0 radical (unpaired) electrons. The van der Waals surface area contributed by atoms with E-state index in [1.807, 2.05) is 36.5 Å². The van der Waals surface area contributed by atoms with Crippen LogP contribution in [-0.2, 0) is 17.8 Å². The van der Waals surface area contributed by atoms with E-state index in [2.05, 4.69) is 23.4 Å². The Morgan fingerprint density at radius 3 is 2.58 bits per heavy atom. The molecular weight excluding hydrogens is 390 g/mol. The van der Waals surface area contributed by atoms with Gasteiger partial charge in [0.15, 0.2) is 5.65 Å². The van der Waals surface area contributed by atoms with Crippen LogP contribution in [0.15, 0.2) is 36.5 Å². The van der Waals surface area contributed by atoms with E-state index in [-0.39, 0.29) is 6.61 Å². The van der Waals surface area contributed by atoms with E-state index in [0.29, 0.717) is 25.1 Å². The number of aliphatic carboxylic acids is 1. The lowest BCUT2D eigenvalue weighted by molar-refractivity contribution is -0.153. The highest BCUT2D eigenvalue weighted by Gasteiger charge is 2.40. The van der Waals surface area contributed by atoms with Gasteiger partial charge in [-0.25, -0.2) is 9.97 Å². The Kier molecular flexibility index (Phi) is 6.25. The Bertz CT molecular complexity index is 1050. The number of imidazole rings is 1. The number of carboxylic acid groups (broad SMARTS) is 1. The van der Waals surface area contributed by atoms with E-state index >= 15 is 0 Å². The average Bonchev–Trinajstić information content (AvgIpc) is 3.12. The van der Waals surface area contributed by atoms with E-state index in [1.54, 1.807) is 0 Å². The summed E-state index contributed by atoms with van der Waals surface area (Å²) in [5, 5.41) is 9.74. The quantitative estimate of drug-likeness (QED) is 0.544. The first-order chi connectivity index (χ1) is 15.0. The molecule has 31 heavy (non-hydrogen) atoms. The second-order valence-corrected chi connectivity index (χ2v) is 8.74. The van der Waals surface area contributed by atoms with Crippen LogP contribution >= 0.6 is 0 Å². The zero-order valence-corrected chi connectivity index (χ0v) is 18.4. The van der Waals surface area contributed by atoms with Gasteiger partial charge < -0.3 is 14.4 Å². The van der Waals surface area contributed by atoms with E-state index in [0.717, 1.165) is 60.2 Å². The number of aryl methyl sites for hydroxylation is 2. The summed E-state index contributed by atoms with van der Waals surface area (Å²) < 4.78 is 8.13. The average molecular weight is 422 g/mol. The van der Waals surface area contributed by atoms with Crippen LogP contribution in [0.3, 0.4) is 0 Å². The molecule has 0 saturated heterocycles. The summed E-state index contributed by atoms with van der Waals surface area (Å²) >= 11 is 0. The molecule has 0 amide bonds. The van der Waals surface area contributed by atoms with Gasteiger partial charge in [-0.2, -0.15) is 0 Å². The van der Waals surface area contributed by atoms with Crippen molar-refractivity contribution in [3.63, 3.8) is 0 Å². The first-order valence-corrected chi connectivity index (χ1v) is 11.3. The summed E-state index contributed by atoms with van der Waals surface area (Å²) in [5.74, 6) is 1.04. The number of nitrogens with zero attached hydrogens (tertiary/aromatic N) is 3. The van der Waals surface area contributed by atoms with Gasteiger partial charge in [-0.15, -0.1) is 0 Å². The lowest BCUT2D eigenvalue weighted by atomic mass is 9.75. The number of ether oxygens (including phenoxy) is 1. The second-order valence-electron chi connectivity index (χ2n) is 8.74. The number of hydrogen-bond donors (Lipinski definition) is 1. The summed E-state index contributed by atoms with van der Waals surface area (Å²) in [6.07, 6.45) is 8.20. The minimum absolute atomic E-state index is 0.234. The molecule has 0 unspecified atom stereocenters. The summed E-state index contributed by atoms with van der Waals surface area (Å²) in [6.45, 7) is 5.16. The van der Waals surface area contributed by atoms with Crippen molar-refractivity contribution in [1.82, 2.24) is 14.5 Å². The lowest BCUT2D eigenvalue weighted by Crippen LogP contribution is -2.38. The van der Waals surface area contributed by atoms with Crippen LogP contribution in [0.5, 0.6) is 5.75 Å². The van der Waals surface area contributed by atoms with E-state index in [9.17, 15) is 9.90 Å². The van der Waals surface area contributed by atoms with Crippen molar-refractivity contribution in [1.29, 1.82) is 0 Å².